The van der Waals surface area contributed by atoms with E-state index < -0.39 is 10.0 Å². The minimum Gasteiger partial charge on any atom is -0.338 e. The first-order valence-corrected chi connectivity index (χ1v) is 8.04. The van der Waals surface area contributed by atoms with Crippen LogP contribution >= 0.6 is 0 Å². The van der Waals surface area contributed by atoms with Gasteiger partial charge in [0.25, 0.3) is 0 Å². The number of amides is 2. The predicted molar refractivity (Wildman–Crippen MR) is 75.3 cm³/mol. The number of primary sulfonamides is 1. The van der Waals surface area contributed by atoms with Crippen LogP contribution in [0.25, 0.3) is 0 Å². The quantitative estimate of drug-likeness (QED) is 0.749. The molecule has 110 valence electrons. The minimum absolute atomic E-state index is 0.0634. The Labute approximate surface area is 118 Å². The Kier molecular flexibility index (Phi) is 4.29. The van der Waals surface area contributed by atoms with E-state index in [0.717, 1.165) is 5.56 Å². The van der Waals surface area contributed by atoms with Gasteiger partial charge in [-0.2, -0.15) is 0 Å². The molecule has 1 saturated carbocycles. The molecule has 0 unspecified atom stereocenters. The van der Waals surface area contributed by atoms with Gasteiger partial charge in [-0.15, -0.1) is 0 Å². The van der Waals surface area contributed by atoms with E-state index in [1.54, 1.807) is 12.1 Å². The summed E-state index contributed by atoms with van der Waals surface area (Å²) in [5.74, 6) is 1.32. The molecule has 0 aromatic heterocycles. The average molecular weight is 297 g/mol. The standard InChI is InChI=1S/C13H19N3O3S/c1-9-6-11(9)8-16-13(17)15-7-10-2-4-12(5-3-10)20(14,18)19/h2-5,9,11H,6-8H2,1H3,(H2,14,18,19)(H2,15,16,17)/t9-,11+/m1/s1. The Bertz CT molecular complexity index is 583. The van der Waals surface area contributed by atoms with E-state index in [1.807, 2.05) is 0 Å². The van der Waals surface area contributed by atoms with Crippen LogP contribution in [0.4, 0.5) is 4.79 Å². The van der Waals surface area contributed by atoms with Gasteiger partial charge in [-0.25, -0.2) is 18.4 Å². The van der Waals surface area contributed by atoms with Crippen LogP contribution in [0, 0.1) is 11.8 Å². The third kappa shape index (κ3) is 4.21. The van der Waals surface area contributed by atoms with Crippen LogP contribution in [0.1, 0.15) is 18.9 Å². The lowest BCUT2D eigenvalue weighted by molar-refractivity contribution is 0.240. The molecule has 0 aliphatic heterocycles. The van der Waals surface area contributed by atoms with Crippen molar-refractivity contribution >= 4 is 16.1 Å². The van der Waals surface area contributed by atoms with Gasteiger partial charge in [0.1, 0.15) is 0 Å². The molecule has 0 saturated heterocycles. The summed E-state index contributed by atoms with van der Waals surface area (Å²) >= 11 is 0. The molecule has 1 aliphatic rings. The van der Waals surface area contributed by atoms with Crippen LogP contribution in [0.5, 0.6) is 0 Å². The van der Waals surface area contributed by atoms with E-state index in [4.69, 9.17) is 5.14 Å². The van der Waals surface area contributed by atoms with E-state index in [9.17, 15) is 13.2 Å². The monoisotopic (exact) mass is 297 g/mol. The second-order valence-corrected chi connectivity index (χ2v) is 6.79. The van der Waals surface area contributed by atoms with E-state index in [-0.39, 0.29) is 10.9 Å². The number of benzene rings is 1. The first-order chi connectivity index (χ1) is 9.36. The van der Waals surface area contributed by atoms with Crippen molar-refractivity contribution in [1.82, 2.24) is 10.6 Å². The average Bonchev–Trinajstić information content (AvgIpc) is 3.09. The third-order valence-corrected chi connectivity index (χ3v) is 4.44. The summed E-state index contributed by atoms with van der Waals surface area (Å²) < 4.78 is 22.2. The maximum absolute atomic E-state index is 11.5. The highest BCUT2D eigenvalue weighted by Gasteiger charge is 2.32. The molecule has 1 aromatic rings. The Hall–Kier alpha value is -1.60. The maximum Gasteiger partial charge on any atom is 0.315 e. The highest BCUT2D eigenvalue weighted by Crippen LogP contribution is 2.36. The summed E-state index contributed by atoms with van der Waals surface area (Å²) in [6.07, 6.45) is 1.18. The van der Waals surface area contributed by atoms with Crippen LogP contribution in [0.15, 0.2) is 29.2 Å². The van der Waals surface area contributed by atoms with Crippen molar-refractivity contribution in [3.63, 3.8) is 0 Å². The molecule has 20 heavy (non-hydrogen) atoms. The molecular formula is C13H19N3O3S. The summed E-state index contributed by atoms with van der Waals surface area (Å²) in [4.78, 5) is 11.6. The van der Waals surface area contributed by atoms with Crippen molar-refractivity contribution in [3.05, 3.63) is 29.8 Å². The molecule has 6 nitrogen and oxygen atoms in total. The molecule has 0 heterocycles. The topological polar surface area (TPSA) is 101 Å². The van der Waals surface area contributed by atoms with Gasteiger partial charge in [0, 0.05) is 13.1 Å². The number of hydrogen-bond donors (Lipinski definition) is 3. The second-order valence-electron chi connectivity index (χ2n) is 5.23. The molecule has 2 atom stereocenters. The third-order valence-electron chi connectivity index (χ3n) is 3.51. The minimum atomic E-state index is -3.67. The highest BCUT2D eigenvalue weighted by atomic mass is 32.2. The molecule has 4 N–H and O–H groups in total. The molecule has 1 fully saturated rings. The largest absolute Gasteiger partial charge is 0.338 e. The van der Waals surface area contributed by atoms with Crippen molar-refractivity contribution in [1.29, 1.82) is 0 Å². The first-order valence-electron chi connectivity index (χ1n) is 6.49. The van der Waals surface area contributed by atoms with Crippen molar-refractivity contribution in [3.8, 4) is 0 Å². The van der Waals surface area contributed by atoms with Crippen molar-refractivity contribution in [2.45, 2.75) is 24.8 Å². The number of carbonyl (C=O) groups excluding carboxylic acids is 1. The van der Waals surface area contributed by atoms with Crippen LogP contribution in [0.2, 0.25) is 0 Å². The molecule has 0 spiro atoms. The summed E-state index contributed by atoms with van der Waals surface area (Å²) in [5.41, 5.74) is 0.812. The van der Waals surface area contributed by atoms with Gasteiger partial charge in [-0.3, -0.25) is 0 Å². The Morgan fingerprint density at radius 1 is 1.30 bits per heavy atom. The zero-order valence-corrected chi connectivity index (χ0v) is 12.1. The lowest BCUT2D eigenvalue weighted by Gasteiger charge is -2.07. The van der Waals surface area contributed by atoms with Gasteiger partial charge in [0.15, 0.2) is 0 Å². The Morgan fingerprint density at radius 3 is 2.40 bits per heavy atom. The molecule has 1 aromatic carbocycles. The fourth-order valence-electron chi connectivity index (χ4n) is 1.95. The van der Waals surface area contributed by atoms with Crippen molar-refractivity contribution in [2.24, 2.45) is 17.0 Å². The Morgan fingerprint density at radius 2 is 1.90 bits per heavy atom. The summed E-state index contributed by atoms with van der Waals surface area (Å²) in [7, 11) is -3.67. The number of hydrogen-bond acceptors (Lipinski definition) is 3. The zero-order chi connectivity index (χ0) is 14.8. The van der Waals surface area contributed by atoms with Crippen molar-refractivity contribution < 1.29 is 13.2 Å². The van der Waals surface area contributed by atoms with Gasteiger partial charge < -0.3 is 10.6 Å². The summed E-state index contributed by atoms with van der Waals surface area (Å²) in [5, 5.41) is 10.5. The number of rotatable bonds is 5. The number of carbonyl (C=O) groups is 1. The van der Waals surface area contributed by atoms with E-state index >= 15 is 0 Å². The second kappa shape index (κ2) is 5.80. The smallest absolute Gasteiger partial charge is 0.315 e. The lowest BCUT2D eigenvalue weighted by atomic mass is 10.2. The molecule has 0 radical (unpaired) electrons. The fourth-order valence-corrected chi connectivity index (χ4v) is 2.46. The van der Waals surface area contributed by atoms with Gasteiger partial charge >= 0.3 is 6.03 Å². The van der Waals surface area contributed by atoms with Crippen molar-refractivity contribution in [2.75, 3.05) is 6.54 Å². The number of sulfonamides is 1. The van der Waals surface area contributed by atoms with E-state index in [1.165, 1.54) is 18.6 Å². The van der Waals surface area contributed by atoms with Gasteiger partial charge in [-0.05, 0) is 36.0 Å². The zero-order valence-electron chi connectivity index (χ0n) is 11.3. The highest BCUT2D eigenvalue weighted by molar-refractivity contribution is 7.89. The predicted octanol–water partition coefficient (Wildman–Crippen LogP) is 0.789. The van der Waals surface area contributed by atoms with E-state index in [2.05, 4.69) is 17.6 Å². The maximum atomic E-state index is 11.5. The van der Waals surface area contributed by atoms with Gasteiger partial charge in [-0.1, -0.05) is 19.1 Å². The lowest BCUT2D eigenvalue weighted by Crippen LogP contribution is -2.36. The number of nitrogens with one attached hydrogen (secondary N) is 2. The first kappa shape index (κ1) is 14.8. The summed E-state index contributed by atoms with van der Waals surface area (Å²) in [6.45, 7) is 3.21. The number of nitrogens with two attached hydrogens (primary N) is 1. The molecule has 2 amide bonds. The normalized spacial score (nSPS) is 21.3. The molecule has 2 rings (SSSR count). The van der Waals surface area contributed by atoms with E-state index in [0.29, 0.717) is 24.9 Å². The van der Waals surface area contributed by atoms with Crippen LogP contribution in [-0.4, -0.2) is 21.0 Å². The molecular weight excluding hydrogens is 278 g/mol. The fraction of sp³-hybridized carbons (Fsp3) is 0.462. The number of urea groups is 1. The van der Waals surface area contributed by atoms with Gasteiger partial charge in [0.2, 0.25) is 10.0 Å². The summed E-state index contributed by atoms with van der Waals surface area (Å²) in [6, 6.07) is 5.90. The molecule has 7 heteroatoms. The molecule has 0 bridgehead atoms. The molecule has 1 aliphatic carbocycles. The Balaban J connectivity index is 1.77. The van der Waals surface area contributed by atoms with Crippen LogP contribution in [-0.2, 0) is 16.6 Å². The SMILES string of the molecule is C[C@@H]1C[C@H]1CNC(=O)NCc1ccc(S(N)(=O)=O)cc1. The van der Waals surface area contributed by atoms with Crippen LogP contribution in [0.3, 0.4) is 0 Å². The van der Waals surface area contributed by atoms with Gasteiger partial charge in [0.05, 0.1) is 4.90 Å². The van der Waals surface area contributed by atoms with Crippen LogP contribution < -0.4 is 15.8 Å².